The van der Waals surface area contributed by atoms with Crippen molar-refractivity contribution >= 4 is 39.7 Å². The summed E-state index contributed by atoms with van der Waals surface area (Å²) in [6.45, 7) is -0.218. The van der Waals surface area contributed by atoms with Gasteiger partial charge >= 0.3 is 10.3 Å². The molecule has 9 nitrogen and oxygen atoms in total. The van der Waals surface area contributed by atoms with Gasteiger partial charge in [0.25, 0.3) is 0 Å². The standard InChI is InChI=1S/C21H22N2O7S/c1-29-21-11-15(5-9-20(21)30-31(23,27)28)3-7-18(26)12-17(25)6-2-14-4-8-19(22)16(10-14)13-24/h2-11,24H,12-13,22H2,1H3,(H2,23,27,28)/b6-2+,7-3+. The molecule has 0 aliphatic carbocycles. The first-order valence-electron chi connectivity index (χ1n) is 8.92. The summed E-state index contributed by atoms with van der Waals surface area (Å²) in [4.78, 5) is 24.1. The van der Waals surface area contributed by atoms with E-state index in [9.17, 15) is 23.1 Å². The highest BCUT2D eigenvalue weighted by molar-refractivity contribution is 7.84. The first kappa shape index (κ1) is 23.8. The van der Waals surface area contributed by atoms with E-state index < -0.39 is 21.9 Å². The molecule has 2 rings (SSSR count). The van der Waals surface area contributed by atoms with Crippen molar-refractivity contribution in [2.75, 3.05) is 12.8 Å². The van der Waals surface area contributed by atoms with Crippen molar-refractivity contribution in [3.63, 3.8) is 0 Å². The van der Waals surface area contributed by atoms with Crippen LogP contribution in [-0.4, -0.2) is 32.2 Å². The smallest absolute Gasteiger partial charge is 0.380 e. The van der Waals surface area contributed by atoms with E-state index in [1.54, 1.807) is 18.2 Å². The van der Waals surface area contributed by atoms with Gasteiger partial charge in [-0.2, -0.15) is 13.6 Å². The number of hydrogen-bond acceptors (Lipinski definition) is 8. The van der Waals surface area contributed by atoms with Crippen molar-refractivity contribution in [3.05, 3.63) is 65.2 Å². The number of allylic oxidation sites excluding steroid dienone is 2. The Kier molecular flexibility index (Phi) is 8.08. The molecular weight excluding hydrogens is 424 g/mol. The van der Waals surface area contributed by atoms with Crippen LogP contribution in [0.1, 0.15) is 23.1 Å². The fourth-order valence-corrected chi connectivity index (χ4v) is 2.90. The van der Waals surface area contributed by atoms with Gasteiger partial charge in [0.2, 0.25) is 0 Å². The molecule has 0 spiro atoms. The number of aliphatic hydroxyl groups excluding tert-OH is 1. The molecule has 0 unspecified atom stereocenters. The first-order chi connectivity index (χ1) is 14.6. The van der Waals surface area contributed by atoms with E-state index in [0.29, 0.717) is 22.4 Å². The monoisotopic (exact) mass is 446 g/mol. The molecule has 0 saturated carbocycles. The predicted molar refractivity (Wildman–Crippen MR) is 116 cm³/mol. The van der Waals surface area contributed by atoms with E-state index in [1.165, 1.54) is 49.6 Å². The van der Waals surface area contributed by atoms with Gasteiger partial charge in [-0.15, -0.1) is 0 Å². The summed E-state index contributed by atoms with van der Waals surface area (Å²) < 4.78 is 31.8. The van der Waals surface area contributed by atoms with Crippen LogP contribution in [0.5, 0.6) is 11.5 Å². The van der Waals surface area contributed by atoms with Crippen molar-refractivity contribution in [2.24, 2.45) is 5.14 Å². The SMILES string of the molecule is COc1cc(/C=C/C(=O)CC(=O)/C=C/c2ccc(N)c(CO)c2)ccc1OS(N)(=O)=O. The molecule has 0 amide bonds. The highest BCUT2D eigenvalue weighted by Crippen LogP contribution is 2.29. The van der Waals surface area contributed by atoms with E-state index in [0.717, 1.165) is 0 Å². The maximum atomic E-state index is 12.0. The van der Waals surface area contributed by atoms with Gasteiger partial charge in [0.1, 0.15) is 0 Å². The number of anilines is 1. The van der Waals surface area contributed by atoms with E-state index >= 15 is 0 Å². The second-order valence-corrected chi connectivity index (χ2v) is 7.53. The zero-order valence-electron chi connectivity index (χ0n) is 16.6. The lowest BCUT2D eigenvalue weighted by Crippen LogP contribution is -2.19. The van der Waals surface area contributed by atoms with E-state index in [4.69, 9.17) is 15.6 Å². The lowest BCUT2D eigenvalue weighted by atomic mass is 10.1. The minimum absolute atomic E-state index is 0.0965. The Morgan fingerprint density at radius 1 is 1.00 bits per heavy atom. The zero-order valence-corrected chi connectivity index (χ0v) is 17.5. The van der Waals surface area contributed by atoms with Crippen LogP contribution in [0.15, 0.2) is 48.6 Å². The molecule has 0 fully saturated rings. The Morgan fingerprint density at radius 3 is 2.13 bits per heavy atom. The highest BCUT2D eigenvalue weighted by Gasteiger charge is 2.11. The minimum atomic E-state index is -4.21. The third kappa shape index (κ3) is 7.70. The minimum Gasteiger partial charge on any atom is -0.493 e. The number of nitrogens with two attached hydrogens (primary N) is 2. The van der Waals surface area contributed by atoms with Gasteiger partial charge in [-0.1, -0.05) is 24.3 Å². The maximum Gasteiger partial charge on any atom is 0.380 e. The normalized spacial score (nSPS) is 11.7. The van der Waals surface area contributed by atoms with Crippen LogP contribution in [0, 0.1) is 0 Å². The molecule has 2 aromatic carbocycles. The Hall–Kier alpha value is -3.47. The van der Waals surface area contributed by atoms with Crippen LogP contribution in [0.4, 0.5) is 5.69 Å². The molecule has 0 aromatic heterocycles. The molecule has 164 valence electrons. The molecule has 5 N–H and O–H groups in total. The van der Waals surface area contributed by atoms with Crippen LogP contribution in [0.2, 0.25) is 0 Å². The molecule has 31 heavy (non-hydrogen) atoms. The summed E-state index contributed by atoms with van der Waals surface area (Å²) in [5, 5.41) is 14.1. The summed E-state index contributed by atoms with van der Waals surface area (Å²) >= 11 is 0. The first-order valence-corrected chi connectivity index (χ1v) is 10.4. The summed E-state index contributed by atoms with van der Waals surface area (Å²) in [6, 6.07) is 9.24. The Labute approximate surface area is 179 Å². The number of ketones is 2. The molecule has 0 aliphatic heterocycles. The number of carbonyl (C=O) groups excluding carboxylic acids is 2. The van der Waals surface area contributed by atoms with Gasteiger partial charge in [0.05, 0.1) is 20.1 Å². The zero-order chi connectivity index (χ0) is 23.0. The van der Waals surface area contributed by atoms with E-state index in [1.807, 2.05) is 0 Å². The van der Waals surface area contributed by atoms with Crippen molar-refractivity contribution in [1.29, 1.82) is 0 Å². The molecule has 0 heterocycles. The fourth-order valence-electron chi connectivity index (χ4n) is 2.52. The van der Waals surface area contributed by atoms with Gasteiger partial charge in [-0.05, 0) is 47.5 Å². The van der Waals surface area contributed by atoms with Crippen LogP contribution < -0.4 is 19.8 Å². The summed E-state index contributed by atoms with van der Waals surface area (Å²) in [5.74, 6) is -0.812. The number of aliphatic hydroxyl groups is 1. The lowest BCUT2D eigenvalue weighted by molar-refractivity contribution is -0.121. The fraction of sp³-hybridized carbons (Fsp3) is 0.143. The molecule has 10 heteroatoms. The number of hydrogen-bond donors (Lipinski definition) is 3. The average molecular weight is 446 g/mol. The van der Waals surface area contributed by atoms with Gasteiger partial charge in [0, 0.05) is 11.3 Å². The van der Waals surface area contributed by atoms with Crippen LogP contribution in [-0.2, 0) is 26.5 Å². The number of nitrogen functional groups attached to an aromatic ring is 1. The summed E-state index contributed by atoms with van der Waals surface area (Å²) in [7, 11) is -2.89. The molecule has 0 saturated heterocycles. The molecule has 0 atom stereocenters. The van der Waals surface area contributed by atoms with Gasteiger partial charge in [0.15, 0.2) is 23.1 Å². The van der Waals surface area contributed by atoms with Gasteiger partial charge in [-0.25, -0.2) is 0 Å². The topological polar surface area (TPSA) is 159 Å². The third-order valence-electron chi connectivity index (χ3n) is 4.00. The molecule has 0 radical (unpaired) electrons. The Morgan fingerprint density at radius 2 is 1.58 bits per heavy atom. The molecule has 0 aliphatic rings. The predicted octanol–water partition coefficient (Wildman–Crippen LogP) is 1.61. The Balaban J connectivity index is 2.01. The maximum absolute atomic E-state index is 12.0. The van der Waals surface area contributed by atoms with E-state index in [2.05, 4.69) is 4.18 Å². The molecule has 2 aromatic rings. The van der Waals surface area contributed by atoms with Gasteiger partial charge < -0.3 is 19.8 Å². The summed E-state index contributed by atoms with van der Waals surface area (Å²) in [6.07, 6.45) is 5.16. The second-order valence-electron chi connectivity index (χ2n) is 6.38. The van der Waals surface area contributed by atoms with E-state index in [-0.39, 0.29) is 24.5 Å². The van der Waals surface area contributed by atoms with Crippen LogP contribution in [0.3, 0.4) is 0 Å². The molecular formula is C21H22N2O7S. The largest absolute Gasteiger partial charge is 0.493 e. The van der Waals surface area contributed by atoms with Crippen molar-refractivity contribution in [3.8, 4) is 11.5 Å². The number of benzene rings is 2. The highest BCUT2D eigenvalue weighted by atomic mass is 32.2. The van der Waals surface area contributed by atoms with Crippen molar-refractivity contribution in [1.82, 2.24) is 0 Å². The second kappa shape index (κ2) is 10.5. The number of methoxy groups -OCH3 is 1. The number of carbonyl (C=O) groups is 2. The van der Waals surface area contributed by atoms with Crippen LogP contribution >= 0.6 is 0 Å². The lowest BCUT2D eigenvalue weighted by Gasteiger charge is -2.08. The van der Waals surface area contributed by atoms with Crippen LogP contribution in [0.25, 0.3) is 12.2 Å². The van der Waals surface area contributed by atoms with Crippen molar-refractivity contribution in [2.45, 2.75) is 13.0 Å². The number of rotatable bonds is 10. The third-order valence-corrected chi connectivity index (χ3v) is 4.41. The average Bonchev–Trinajstić information content (AvgIpc) is 2.71. The van der Waals surface area contributed by atoms with Crippen molar-refractivity contribution < 1.29 is 32.0 Å². The van der Waals surface area contributed by atoms with Gasteiger partial charge in [-0.3, -0.25) is 9.59 Å². The summed E-state index contributed by atoms with van der Waals surface area (Å²) in [5.41, 5.74) is 7.89. The molecule has 0 bridgehead atoms. The Bertz CT molecular complexity index is 1140. The number of ether oxygens (including phenoxy) is 1. The quantitative estimate of drug-likeness (QED) is 0.282.